The van der Waals surface area contributed by atoms with E-state index in [9.17, 15) is 46.7 Å². The molecule has 0 bridgehead atoms. The van der Waals surface area contributed by atoms with Crippen molar-refractivity contribution in [2.45, 2.75) is 187 Å². The number of rotatable bonds is 16. The number of urea groups is 1. The van der Waals surface area contributed by atoms with E-state index in [1.165, 1.54) is 19.2 Å². The Bertz CT molecular complexity index is 2230. The van der Waals surface area contributed by atoms with Gasteiger partial charge in [0, 0.05) is 42.8 Å². The Kier molecular flexibility index (Phi) is 26.2. The minimum absolute atomic E-state index is 0.0112. The first-order chi connectivity index (χ1) is 34.3. The minimum Gasteiger partial charge on any atom is -0.489 e. The van der Waals surface area contributed by atoms with Gasteiger partial charge in [-0.25, -0.2) is 14.6 Å². The fourth-order valence-electron chi connectivity index (χ4n) is 8.00. The lowest BCUT2D eigenvalue weighted by molar-refractivity contribution is -0.174. The van der Waals surface area contributed by atoms with Crippen LogP contribution < -0.4 is 46.7 Å². The molecule has 2 aliphatic carbocycles. The molecule has 0 aromatic heterocycles. The fourth-order valence-corrected chi connectivity index (χ4v) is 8.45. The lowest BCUT2D eigenvalue weighted by Crippen LogP contribution is -2.50. The molecule has 0 radical (unpaired) electrons. The summed E-state index contributed by atoms with van der Waals surface area (Å²) in [4.78, 5) is 86.7. The molecule has 74 heavy (non-hydrogen) atoms. The average molecular weight is 1090 g/mol. The van der Waals surface area contributed by atoms with Gasteiger partial charge in [0.2, 0.25) is 17.9 Å². The van der Waals surface area contributed by atoms with Crippen LogP contribution in [0.2, 0.25) is 10.0 Å². The molecule has 2 saturated carbocycles. The monoisotopic (exact) mass is 1080 g/mol. The van der Waals surface area contributed by atoms with Gasteiger partial charge in [0.1, 0.15) is 23.6 Å². The minimum atomic E-state index is -4.91. The van der Waals surface area contributed by atoms with Crippen molar-refractivity contribution < 1.29 is 56.2 Å². The third-order valence-electron chi connectivity index (χ3n) is 11.5. The van der Waals surface area contributed by atoms with E-state index in [0.29, 0.717) is 60.6 Å². The second kappa shape index (κ2) is 30.1. The average Bonchev–Trinajstić information content (AvgIpc) is 3.29. The molecule has 0 heterocycles. The predicted octanol–water partition coefficient (Wildman–Crippen LogP) is 8.74. The Morgan fingerprint density at radius 2 is 1.03 bits per heavy atom. The first-order valence-electron chi connectivity index (χ1n) is 24.9. The van der Waals surface area contributed by atoms with Gasteiger partial charge >= 0.3 is 18.1 Å². The molecule has 17 nitrogen and oxygen atoms in total. The van der Waals surface area contributed by atoms with E-state index in [0.717, 1.165) is 25.7 Å². The molecule has 2 aliphatic rings. The van der Waals surface area contributed by atoms with Gasteiger partial charge in [0.15, 0.2) is 0 Å². The van der Waals surface area contributed by atoms with Crippen molar-refractivity contribution in [1.82, 2.24) is 37.2 Å². The lowest BCUT2D eigenvalue weighted by Gasteiger charge is -2.32. The van der Waals surface area contributed by atoms with E-state index in [1.807, 2.05) is 74.6 Å². The largest absolute Gasteiger partial charge is 0.489 e. The van der Waals surface area contributed by atoms with Crippen molar-refractivity contribution in [3.8, 4) is 11.5 Å². The summed E-state index contributed by atoms with van der Waals surface area (Å²) in [6.45, 7) is 18.9. The number of carbonyl (C=O) groups excluding carboxylic acids is 7. The Morgan fingerprint density at radius 1 is 0.649 bits per heavy atom. The molecule has 0 aliphatic heterocycles. The van der Waals surface area contributed by atoms with Crippen LogP contribution in [0.15, 0.2) is 41.4 Å². The fraction of sp³-hybridized carbons (Fsp3) is 0.635. The smallest absolute Gasteiger partial charge is 0.471 e. The third-order valence-corrected chi connectivity index (χ3v) is 12.1. The Labute approximate surface area is 443 Å². The van der Waals surface area contributed by atoms with Crippen LogP contribution in [0, 0.1) is 11.8 Å². The zero-order valence-electron chi connectivity index (χ0n) is 44.7. The van der Waals surface area contributed by atoms with Crippen LogP contribution in [-0.4, -0.2) is 109 Å². The highest BCUT2D eigenvalue weighted by Gasteiger charge is 2.40. The number of nitrogens with zero attached hydrogens (tertiary/aromatic N) is 1. The Balaban J connectivity index is 0.000000448. The van der Waals surface area contributed by atoms with Crippen LogP contribution in [0.4, 0.5) is 18.0 Å². The summed E-state index contributed by atoms with van der Waals surface area (Å²) in [7, 11) is 3.02. The third kappa shape index (κ3) is 24.6. The van der Waals surface area contributed by atoms with Crippen molar-refractivity contribution in [2.24, 2.45) is 16.8 Å². The number of ether oxygens (including phenoxy) is 2. The van der Waals surface area contributed by atoms with Crippen molar-refractivity contribution in [3.63, 3.8) is 0 Å². The summed E-state index contributed by atoms with van der Waals surface area (Å²) >= 11 is 12.5. The molecule has 2 aromatic carbocycles. The molecular formula is C52H77Cl2F3N8O9. The summed E-state index contributed by atoms with van der Waals surface area (Å²) in [6, 6.07) is 7.37. The standard InChI is InChI=1S/C25H39ClN4O4.C22H29ClF3N3O4.C5H9NO/c1-15(2)34-21-12-9-17(14-19(21)26)22(31)29-20(23(32)27-6)13-16-7-10-18(11-8-16)28-24(33)30-25(3,4)5;1-12(2)33-18-9-6-14(11-16(18)23)19(30)29-17(20(31)27-3)10-13-4-7-15(8-5-13)28-21(32)22(24,25)26;1-5(2,3)6-4-7/h9,12,14-16,18,20H,7-8,10-11,13H2,1-6H3,(H,27,32)(H,29,31)(H2,28,30,33);6,9,11-13,15,17H,4-5,7-8,10H2,1-3H3,(H,27,31)(H,28,32)(H,29,30);1-3H3. The van der Waals surface area contributed by atoms with E-state index >= 15 is 0 Å². The molecule has 7 amide bonds. The number of benzene rings is 2. The highest BCUT2D eigenvalue weighted by molar-refractivity contribution is 6.32. The number of hydrogen-bond acceptors (Lipinski definition) is 10. The second-order valence-electron chi connectivity index (χ2n) is 21.0. The number of alkyl halides is 3. The van der Waals surface area contributed by atoms with E-state index < -0.39 is 36.1 Å². The quantitative estimate of drug-likeness (QED) is 0.0628. The highest BCUT2D eigenvalue weighted by atomic mass is 35.5. The zero-order chi connectivity index (χ0) is 56.1. The SMILES string of the molecule is CC(C)(C)N=C=O.CNC(=O)C(CC1CCC(NC(=O)C(F)(F)F)CC1)NC(=O)c1ccc(OC(C)C)c(Cl)c1.CNC(=O)C(CC1CCC(NC(=O)NC(C)(C)C)CC1)NC(=O)c1ccc(OC(C)C)c(Cl)c1. The van der Waals surface area contributed by atoms with E-state index in [2.05, 4.69) is 36.9 Å². The summed E-state index contributed by atoms with van der Waals surface area (Å²) in [6.07, 6.45) is 2.53. The molecule has 4 rings (SSSR count). The lowest BCUT2D eigenvalue weighted by atomic mass is 9.82. The highest BCUT2D eigenvalue weighted by Crippen LogP contribution is 2.32. The molecule has 2 fully saturated rings. The van der Waals surface area contributed by atoms with Crippen molar-refractivity contribution in [1.29, 1.82) is 0 Å². The van der Waals surface area contributed by atoms with Gasteiger partial charge < -0.3 is 46.7 Å². The number of aliphatic imine (C=N–C) groups is 1. The molecule has 414 valence electrons. The van der Waals surface area contributed by atoms with Crippen LogP contribution in [0.5, 0.6) is 11.5 Å². The first kappa shape index (κ1) is 64.5. The number of carbonyl (C=O) groups is 6. The van der Waals surface area contributed by atoms with Crippen LogP contribution in [0.25, 0.3) is 0 Å². The maximum absolute atomic E-state index is 12.8. The molecule has 0 spiro atoms. The molecule has 2 aromatic rings. The van der Waals surface area contributed by atoms with Gasteiger partial charge in [-0.1, -0.05) is 23.2 Å². The Morgan fingerprint density at radius 3 is 1.31 bits per heavy atom. The van der Waals surface area contributed by atoms with Crippen molar-refractivity contribution in [3.05, 3.63) is 57.6 Å². The molecular weight excluding hydrogens is 1010 g/mol. The topological polar surface area (TPSA) is 235 Å². The number of likely N-dealkylation sites (N-methyl/N-ethyl adjacent to an activating group) is 2. The number of halogens is 5. The van der Waals surface area contributed by atoms with Gasteiger partial charge in [-0.2, -0.15) is 13.2 Å². The molecule has 2 unspecified atom stereocenters. The summed E-state index contributed by atoms with van der Waals surface area (Å²) < 4.78 is 48.5. The Hall–Kier alpha value is -5.59. The van der Waals surface area contributed by atoms with E-state index in [4.69, 9.17) is 32.7 Å². The maximum Gasteiger partial charge on any atom is 0.471 e. The summed E-state index contributed by atoms with van der Waals surface area (Å²) in [5.41, 5.74) is 0.102. The number of isocyanates is 1. The van der Waals surface area contributed by atoms with Gasteiger partial charge in [-0.15, -0.1) is 0 Å². The molecule has 0 saturated heterocycles. The van der Waals surface area contributed by atoms with Crippen molar-refractivity contribution >= 4 is 64.8 Å². The van der Waals surface area contributed by atoms with Crippen LogP contribution in [0.1, 0.15) is 154 Å². The maximum atomic E-state index is 12.8. The molecule has 7 N–H and O–H groups in total. The van der Waals surface area contributed by atoms with Crippen LogP contribution >= 0.6 is 23.2 Å². The zero-order valence-corrected chi connectivity index (χ0v) is 46.2. The predicted molar refractivity (Wildman–Crippen MR) is 279 cm³/mol. The normalized spacial score (nSPS) is 18.5. The van der Waals surface area contributed by atoms with Crippen LogP contribution in [-0.2, 0) is 19.2 Å². The molecule has 2 atom stereocenters. The molecule has 22 heteroatoms. The van der Waals surface area contributed by atoms with Gasteiger partial charge in [-0.3, -0.25) is 24.0 Å². The van der Waals surface area contributed by atoms with Gasteiger partial charge in [0.25, 0.3) is 11.8 Å². The second-order valence-corrected chi connectivity index (χ2v) is 21.8. The summed E-state index contributed by atoms with van der Waals surface area (Å²) in [5.74, 6) is -2.14. The number of hydrogen-bond donors (Lipinski definition) is 7. The number of amides is 7. The van der Waals surface area contributed by atoms with Crippen LogP contribution in [0.3, 0.4) is 0 Å². The van der Waals surface area contributed by atoms with E-state index in [-0.39, 0.29) is 75.5 Å². The van der Waals surface area contributed by atoms with Crippen molar-refractivity contribution in [2.75, 3.05) is 14.1 Å². The van der Waals surface area contributed by atoms with Gasteiger partial charge in [0.05, 0.1) is 27.8 Å². The summed E-state index contributed by atoms with van der Waals surface area (Å²) in [5, 5.41) is 19.3. The first-order valence-corrected chi connectivity index (χ1v) is 25.6. The number of nitrogens with one attached hydrogen (secondary N) is 7. The van der Waals surface area contributed by atoms with E-state index in [1.54, 1.807) is 37.4 Å². The van der Waals surface area contributed by atoms with Gasteiger partial charge in [-0.05, 0) is 182 Å².